The molecule has 1 radical (unpaired) electrons. The molecule has 3 aromatic carbocycles. The van der Waals surface area contributed by atoms with E-state index >= 15 is 0 Å². The number of Topliss-reactive ketones (excluding diaryl/α,β-unsaturated/α-hetero) is 1. The minimum absolute atomic E-state index is 0. The Morgan fingerprint density at radius 1 is 1.06 bits per heavy atom. The number of hydrogen-bond acceptors (Lipinski definition) is 8. The average Bonchev–Trinajstić information content (AvgIpc) is 2.71. The number of phenolic OH excluding ortho intramolecular Hbond substituents is 1. The Morgan fingerprint density at radius 2 is 1.65 bits per heavy atom. The van der Waals surface area contributed by atoms with Gasteiger partial charge in [-0.15, -0.1) is 5.11 Å². The van der Waals surface area contributed by atoms with Gasteiger partial charge in [-0.3, -0.25) is 9.35 Å². The van der Waals surface area contributed by atoms with Gasteiger partial charge < -0.3 is 26.9 Å². The van der Waals surface area contributed by atoms with Crippen molar-refractivity contribution >= 4 is 55.9 Å². The fourth-order valence-corrected chi connectivity index (χ4v) is 3.35. The van der Waals surface area contributed by atoms with E-state index in [1.807, 2.05) is 0 Å². The van der Waals surface area contributed by atoms with Crippen LogP contribution < -0.4 is 5.32 Å². The number of amides is 1. The van der Waals surface area contributed by atoms with Gasteiger partial charge in [-0.05, 0) is 30.2 Å². The van der Waals surface area contributed by atoms with Gasteiger partial charge in [-0.2, -0.15) is 31.2 Å². The van der Waals surface area contributed by atoms with Crippen molar-refractivity contribution in [1.29, 1.82) is 0 Å². The summed E-state index contributed by atoms with van der Waals surface area (Å²) >= 11 is 0. The smallest absolute Gasteiger partial charge is 0.296 e. The van der Waals surface area contributed by atoms with Crippen LogP contribution in [-0.4, -0.2) is 36.1 Å². The standard InChI is InChI=1S/C19H14N3O6S.C3H5O.Y/c1-11(24)20-15-4-2-3-13-9-16(29(26,27)28)18(19(25)17(13)15)22-21-14-7-5-12(10-23)6-8-14;1-3(2)4;/h2-9,25H,1H3,(H,20,24)(H,26,27,28);1H2,2H3;/q2*-1;. The molecule has 0 spiro atoms. The molecule has 0 saturated heterocycles. The molecule has 0 aromatic heterocycles. The number of fused-ring (bicyclic) bond motifs is 1. The number of anilines is 1. The van der Waals surface area contributed by atoms with Crippen LogP contribution in [0.25, 0.3) is 10.8 Å². The first-order valence-corrected chi connectivity index (χ1v) is 10.6. The minimum Gasteiger partial charge on any atom is -0.505 e. The average molecular weight is 558 g/mol. The fourth-order valence-electron chi connectivity index (χ4n) is 2.69. The first kappa shape index (κ1) is 29.0. The second-order valence-corrected chi connectivity index (χ2v) is 8.07. The number of azo groups is 1. The number of aromatic hydroxyl groups is 1. The van der Waals surface area contributed by atoms with Crippen molar-refractivity contribution in [1.82, 2.24) is 0 Å². The molecular weight excluding hydrogens is 539 g/mol. The monoisotopic (exact) mass is 558 g/mol. The summed E-state index contributed by atoms with van der Waals surface area (Å²) in [4.78, 5) is 30.7. The van der Waals surface area contributed by atoms with Gasteiger partial charge in [-0.25, -0.2) is 0 Å². The molecule has 1 amide bonds. The zero-order valence-electron chi connectivity index (χ0n) is 18.1. The maximum Gasteiger partial charge on any atom is 0.296 e. The second-order valence-electron chi connectivity index (χ2n) is 6.68. The van der Waals surface area contributed by atoms with Crippen molar-refractivity contribution in [3.05, 3.63) is 61.0 Å². The topological polar surface area (TPSA) is 163 Å². The van der Waals surface area contributed by atoms with E-state index in [2.05, 4.69) is 22.5 Å². The van der Waals surface area contributed by atoms with Crippen LogP contribution >= 0.6 is 0 Å². The molecule has 3 aromatic rings. The first-order chi connectivity index (χ1) is 15.4. The van der Waals surface area contributed by atoms with Crippen molar-refractivity contribution in [2.24, 2.45) is 10.2 Å². The maximum atomic E-state index is 11.8. The molecule has 0 fully saturated rings. The number of hydrogen-bond donors (Lipinski definition) is 3. The summed E-state index contributed by atoms with van der Waals surface area (Å²) in [5.41, 5.74) is 0.288. The molecule has 0 aliphatic carbocycles. The van der Waals surface area contributed by atoms with Gasteiger partial charge in [0.25, 0.3) is 10.1 Å². The van der Waals surface area contributed by atoms with Crippen LogP contribution in [0.5, 0.6) is 5.75 Å². The van der Waals surface area contributed by atoms with Gasteiger partial charge in [0.1, 0.15) is 10.6 Å². The third-order valence-corrected chi connectivity index (χ3v) is 4.78. The molecule has 0 aliphatic heterocycles. The Labute approximate surface area is 221 Å². The Morgan fingerprint density at radius 3 is 2.15 bits per heavy atom. The molecule has 0 saturated carbocycles. The number of carbonyl (C=O) groups excluding carboxylic acids is 3. The molecule has 12 heteroatoms. The predicted molar refractivity (Wildman–Crippen MR) is 121 cm³/mol. The van der Waals surface area contributed by atoms with Crippen LogP contribution in [0.1, 0.15) is 19.4 Å². The van der Waals surface area contributed by atoms with Crippen molar-refractivity contribution < 1.29 is 65.2 Å². The quantitative estimate of drug-likeness (QED) is 0.242. The summed E-state index contributed by atoms with van der Waals surface area (Å²) in [5, 5.41) is 21.3. The summed E-state index contributed by atoms with van der Waals surface area (Å²) in [6.07, 6.45) is 1.70. The molecule has 3 N–H and O–H groups in total. The van der Waals surface area contributed by atoms with Crippen LogP contribution in [0.15, 0.2) is 63.7 Å². The Kier molecular flexibility index (Phi) is 10.7. The predicted octanol–water partition coefficient (Wildman–Crippen LogP) is 4.03. The molecule has 10 nitrogen and oxygen atoms in total. The number of carbonyl (C=O) groups is 2. The van der Waals surface area contributed by atoms with Crippen LogP contribution in [0, 0.1) is 6.92 Å². The normalized spacial score (nSPS) is 10.7. The second kappa shape index (κ2) is 12.5. The van der Waals surface area contributed by atoms with Gasteiger partial charge in [0, 0.05) is 45.0 Å². The van der Waals surface area contributed by atoms with Gasteiger partial charge in [0.15, 0.2) is 5.75 Å². The van der Waals surface area contributed by atoms with Gasteiger partial charge in [0.05, 0.1) is 17.7 Å². The van der Waals surface area contributed by atoms with Crippen LogP contribution in [0.2, 0.25) is 0 Å². The van der Waals surface area contributed by atoms with E-state index in [9.17, 15) is 32.5 Å². The number of ketones is 1. The van der Waals surface area contributed by atoms with Crippen LogP contribution in [0.3, 0.4) is 0 Å². The van der Waals surface area contributed by atoms with E-state index < -0.39 is 32.4 Å². The van der Waals surface area contributed by atoms with E-state index in [1.165, 1.54) is 50.2 Å². The maximum absolute atomic E-state index is 11.8. The van der Waals surface area contributed by atoms with Crippen molar-refractivity contribution in [2.75, 3.05) is 5.32 Å². The van der Waals surface area contributed by atoms with Crippen LogP contribution in [-0.2, 0) is 57.2 Å². The summed E-state index contributed by atoms with van der Waals surface area (Å²) in [6, 6.07) is 11.4. The SMILES string of the molecule is CC(=O)Nc1cccc2cc(S(=O)(=O)O)c(N=Nc3ccc([C-]=O)cc3)c(O)c12.[CH2-]C(C)=O.[Y]. The van der Waals surface area contributed by atoms with Gasteiger partial charge in [-0.1, -0.05) is 24.3 Å². The number of benzene rings is 3. The fraction of sp³-hybridized carbons (Fsp3) is 0.0909. The molecule has 0 heterocycles. The van der Waals surface area contributed by atoms with Crippen molar-refractivity contribution in [3.63, 3.8) is 0 Å². The third-order valence-electron chi connectivity index (χ3n) is 3.92. The molecule has 175 valence electrons. The number of nitrogens with zero attached hydrogens (tertiary/aromatic N) is 2. The van der Waals surface area contributed by atoms with Crippen molar-refractivity contribution in [2.45, 2.75) is 18.7 Å². The minimum atomic E-state index is -4.75. The van der Waals surface area contributed by atoms with E-state index in [0.717, 1.165) is 6.07 Å². The molecule has 3 rings (SSSR count). The first-order valence-electron chi connectivity index (χ1n) is 9.20. The Hall–Kier alpha value is -2.99. The molecule has 0 atom stereocenters. The van der Waals surface area contributed by atoms with E-state index in [-0.39, 0.29) is 66.2 Å². The molecule has 34 heavy (non-hydrogen) atoms. The summed E-state index contributed by atoms with van der Waals surface area (Å²) in [7, 11) is -4.75. The third kappa shape index (κ3) is 7.80. The van der Waals surface area contributed by atoms with Crippen molar-refractivity contribution in [3.8, 4) is 5.75 Å². The molecule has 0 unspecified atom stereocenters. The zero-order chi connectivity index (χ0) is 24.8. The molecule has 0 bridgehead atoms. The van der Waals surface area contributed by atoms with Crippen LogP contribution in [0.4, 0.5) is 17.1 Å². The largest absolute Gasteiger partial charge is 0.505 e. The number of rotatable bonds is 5. The van der Waals surface area contributed by atoms with E-state index in [0.29, 0.717) is 0 Å². The zero-order valence-corrected chi connectivity index (χ0v) is 21.8. The number of phenols is 1. The van der Waals surface area contributed by atoms with E-state index in [1.54, 1.807) is 12.4 Å². The molecular formula is C22H19N3O7SY-2. The Bertz CT molecular complexity index is 1350. The van der Waals surface area contributed by atoms with Gasteiger partial charge in [0.2, 0.25) is 5.91 Å². The molecule has 0 aliphatic rings. The summed E-state index contributed by atoms with van der Waals surface area (Å²) in [5.74, 6) is -1.06. The summed E-state index contributed by atoms with van der Waals surface area (Å²) < 4.78 is 33.3. The van der Waals surface area contributed by atoms with Gasteiger partial charge >= 0.3 is 0 Å². The number of nitrogens with one attached hydrogen (secondary N) is 1. The Balaban J connectivity index is 0.00000107. The summed E-state index contributed by atoms with van der Waals surface area (Å²) in [6.45, 7) is 5.70. The van der Waals surface area contributed by atoms with E-state index in [4.69, 9.17) is 0 Å².